The van der Waals surface area contributed by atoms with Crippen LogP contribution < -0.4 is 10.1 Å². The van der Waals surface area contributed by atoms with E-state index in [9.17, 15) is 4.79 Å². The van der Waals surface area contributed by atoms with Gasteiger partial charge in [0, 0.05) is 23.9 Å². The number of carbonyl (C=O) groups is 1. The number of rotatable bonds is 18. The Bertz CT molecular complexity index is 1090. The number of benzene rings is 2. The van der Waals surface area contributed by atoms with Gasteiger partial charge < -0.3 is 15.0 Å². The number of para-hydroxylation sites is 1. The summed E-state index contributed by atoms with van der Waals surface area (Å²) < 4.78 is 6.40. The number of nitrogens with zero attached hydrogens (tertiary/aromatic N) is 1. The fourth-order valence-electron chi connectivity index (χ4n) is 5.30. The first-order valence-electron chi connectivity index (χ1n) is 16.0. The minimum Gasteiger partial charge on any atom is -0.491 e. The van der Waals surface area contributed by atoms with Gasteiger partial charge in [-0.25, -0.2) is 0 Å². The number of anilines is 1. The molecule has 0 aliphatic carbocycles. The summed E-state index contributed by atoms with van der Waals surface area (Å²) >= 11 is 1.86. The summed E-state index contributed by atoms with van der Waals surface area (Å²) in [5, 5.41) is 3.15. The molecule has 0 unspecified atom stereocenters. The van der Waals surface area contributed by atoms with Gasteiger partial charge in [-0.05, 0) is 47.4 Å². The van der Waals surface area contributed by atoms with Crippen molar-refractivity contribution < 1.29 is 9.53 Å². The minimum absolute atomic E-state index is 0. The lowest BCUT2D eigenvalue weighted by molar-refractivity contribution is 0.102. The first-order chi connectivity index (χ1) is 19.8. The van der Waals surface area contributed by atoms with Crippen LogP contribution in [0.3, 0.4) is 0 Å². The lowest BCUT2D eigenvalue weighted by atomic mass is 9.86. The van der Waals surface area contributed by atoms with E-state index < -0.39 is 0 Å². The molecule has 0 saturated carbocycles. The summed E-state index contributed by atoms with van der Waals surface area (Å²) in [5.74, 6) is 1.69. The lowest BCUT2D eigenvalue weighted by Gasteiger charge is -2.25. The van der Waals surface area contributed by atoms with Gasteiger partial charge in [0.05, 0.1) is 18.2 Å². The summed E-state index contributed by atoms with van der Waals surface area (Å²) in [6.45, 7) is 12.5. The van der Waals surface area contributed by atoms with E-state index in [0.29, 0.717) is 12.2 Å². The molecule has 0 spiro atoms. The first kappa shape index (κ1) is 36.3. The van der Waals surface area contributed by atoms with Gasteiger partial charge in [-0.1, -0.05) is 123 Å². The minimum atomic E-state index is -0.106. The Morgan fingerprint density at radius 3 is 2.02 bits per heavy atom. The van der Waals surface area contributed by atoms with Crippen LogP contribution in [0.15, 0.2) is 53.6 Å². The van der Waals surface area contributed by atoms with Gasteiger partial charge in [-0.3, -0.25) is 4.79 Å². The monoisotopic (exact) mass is 658 g/mol. The van der Waals surface area contributed by atoms with E-state index in [4.69, 9.17) is 4.74 Å². The molecule has 234 valence electrons. The van der Waals surface area contributed by atoms with Crippen molar-refractivity contribution in [3.05, 3.63) is 70.3 Å². The summed E-state index contributed by atoms with van der Waals surface area (Å²) in [5.41, 5.74) is 3.64. The Kier molecular flexibility index (Phi) is 16.7. The van der Waals surface area contributed by atoms with Gasteiger partial charge in [0.2, 0.25) is 0 Å². The van der Waals surface area contributed by atoms with Gasteiger partial charge in [-0.2, -0.15) is 0 Å². The van der Waals surface area contributed by atoms with Crippen LogP contribution in [-0.4, -0.2) is 23.3 Å². The van der Waals surface area contributed by atoms with Gasteiger partial charge in [0.1, 0.15) is 5.75 Å². The third-order valence-electron chi connectivity index (χ3n) is 7.74. The maximum Gasteiger partial charge on any atom is 0.255 e. The maximum absolute atomic E-state index is 13.2. The van der Waals surface area contributed by atoms with Crippen molar-refractivity contribution in [2.24, 2.45) is 0 Å². The number of hydrogen-bond acceptors (Lipinski definition) is 4. The summed E-state index contributed by atoms with van der Waals surface area (Å²) in [4.78, 5) is 16.9. The number of ether oxygens (including phenoxy) is 1. The second-order valence-corrected chi connectivity index (χ2v) is 13.8. The second kappa shape index (κ2) is 19.4. The highest BCUT2D eigenvalue weighted by molar-refractivity contribution is 8.93. The molecular formula is C36H55BrN2O2S. The van der Waals surface area contributed by atoms with Crippen LogP contribution >= 0.6 is 28.7 Å². The third kappa shape index (κ3) is 12.8. The van der Waals surface area contributed by atoms with Crippen LogP contribution in [-0.2, 0) is 12.0 Å². The third-order valence-corrected chi connectivity index (χ3v) is 8.76. The predicted octanol–water partition coefficient (Wildman–Crippen LogP) is 11.3. The van der Waals surface area contributed by atoms with E-state index in [1.807, 2.05) is 36.0 Å². The quantitative estimate of drug-likeness (QED) is 0.162. The molecule has 0 bridgehead atoms. The van der Waals surface area contributed by atoms with Crippen LogP contribution in [0.1, 0.15) is 133 Å². The molecule has 0 radical (unpaired) electrons. The highest BCUT2D eigenvalue weighted by Gasteiger charge is 2.22. The van der Waals surface area contributed by atoms with Gasteiger partial charge in [0.25, 0.3) is 5.91 Å². The Labute approximate surface area is 271 Å². The number of hydrogen-bond donors (Lipinski definition) is 1. The molecule has 4 nitrogen and oxygen atoms in total. The standard InChI is InChI=1S/C36H54N2O2S.BrH/c1-6-7-8-9-10-11-12-13-14-15-16-17-25-40-34-32(36(3,4)5)19-18-20-33(34)37-35(39)31-23-21-30(22-24-31)27-38-26-29(2)41-28-38;/h18-24,26H,6-17,25,27-28H2,1-5H3,(H,37,39);1H. The molecular weight excluding hydrogens is 604 g/mol. The van der Waals surface area contributed by atoms with Crippen molar-refractivity contribution in [2.75, 3.05) is 17.8 Å². The van der Waals surface area contributed by atoms with E-state index in [0.717, 1.165) is 35.8 Å². The first-order valence-corrected chi connectivity index (χ1v) is 17.0. The van der Waals surface area contributed by atoms with E-state index in [1.54, 1.807) is 0 Å². The zero-order valence-electron chi connectivity index (χ0n) is 26.8. The van der Waals surface area contributed by atoms with Gasteiger partial charge in [0.15, 0.2) is 0 Å². The molecule has 6 heteroatoms. The van der Waals surface area contributed by atoms with Crippen molar-refractivity contribution in [3.63, 3.8) is 0 Å². The van der Waals surface area contributed by atoms with E-state index in [-0.39, 0.29) is 28.3 Å². The summed E-state index contributed by atoms with van der Waals surface area (Å²) in [6.07, 6.45) is 18.1. The SMILES string of the molecule is Br.CCCCCCCCCCCCCCOc1c(NC(=O)c2ccc(CN3C=C(C)SC3)cc2)cccc1C(C)(C)C. The number of allylic oxidation sites excluding steroid dienone is 1. The van der Waals surface area contributed by atoms with E-state index in [2.05, 4.69) is 69.2 Å². The topological polar surface area (TPSA) is 41.6 Å². The molecule has 0 fully saturated rings. The summed E-state index contributed by atoms with van der Waals surface area (Å²) in [6, 6.07) is 14.0. The fourth-order valence-corrected chi connectivity index (χ4v) is 6.06. The molecule has 0 atom stereocenters. The Morgan fingerprint density at radius 2 is 1.48 bits per heavy atom. The molecule has 1 N–H and O–H groups in total. The van der Waals surface area contributed by atoms with Crippen molar-refractivity contribution in [3.8, 4) is 5.75 Å². The smallest absolute Gasteiger partial charge is 0.255 e. The van der Waals surface area contributed by atoms with Crippen LogP contribution in [0.5, 0.6) is 5.75 Å². The van der Waals surface area contributed by atoms with E-state index in [1.165, 1.54) is 81.1 Å². The molecule has 0 aromatic heterocycles. The molecule has 1 aliphatic rings. The molecule has 42 heavy (non-hydrogen) atoms. The van der Waals surface area contributed by atoms with Crippen LogP contribution in [0, 0.1) is 0 Å². The maximum atomic E-state index is 13.2. The average Bonchev–Trinajstić information content (AvgIpc) is 3.35. The molecule has 2 aromatic carbocycles. The largest absolute Gasteiger partial charge is 0.491 e. The summed E-state index contributed by atoms with van der Waals surface area (Å²) in [7, 11) is 0. The Hall–Kier alpha value is -1.92. The number of thioether (sulfide) groups is 1. The normalized spacial score (nSPS) is 13.1. The van der Waals surface area contributed by atoms with Crippen LogP contribution in [0.25, 0.3) is 0 Å². The van der Waals surface area contributed by atoms with Crippen molar-refractivity contribution >= 4 is 40.3 Å². The molecule has 3 rings (SSSR count). The number of unbranched alkanes of at least 4 members (excludes halogenated alkanes) is 11. The zero-order valence-corrected chi connectivity index (χ0v) is 29.3. The number of halogens is 1. The predicted molar refractivity (Wildman–Crippen MR) is 188 cm³/mol. The molecule has 1 aliphatic heterocycles. The lowest BCUT2D eigenvalue weighted by Crippen LogP contribution is -2.18. The second-order valence-electron chi connectivity index (χ2n) is 12.6. The van der Waals surface area contributed by atoms with Crippen molar-refractivity contribution in [1.29, 1.82) is 0 Å². The molecule has 0 saturated heterocycles. The Morgan fingerprint density at radius 1 is 0.881 bits per heavy atom. The fraction of sp³-hybridized carbons (Fsp3) is 0.583. The van der Waals surface area contributed by atoms with Crippen molar-refractivity contribution in [2.45, 2.75) is 124 Å². The van der Waals surface area contributed by atoms with Crippen molar-refractivity contribution in [1.82, 2.24) is 4.90 Å². The van der Waals surface area contributed by atoms with Crippen LogP contribution in [0.4, 0.5) is 5.69 Å². The molecule has 1 amide bonds. The molecule has 1 heterocycles. The van der Waals surface area contributed by atoms with E-state index >= 15 is 0 Å². The van der Waals surface area contributed by atoms with Crippen LogP contribution in [0.2, 0.25) is 0 Å². The number of carbonyl (C=O) groups excluding carboxylic acids is 1. The van der Waals surface area contributed by atoms with Gasteiger partial charge in [-0.15, -0.1) is 28.7 Å². The average molecular weight is 660 g/mol. The highest BCUT2D eigenvalue weighted by atomic mass is 79.9. The molecule has 2 aromatic rings. The Balaban J connectivity index is 0.00000616. The highest BCUT2D eigenvalue weighted by Crippen LogP contribution is 2.37. The van der Waals surface area contributed by atoms with Gasteiger partial charge >= 0.3 is 0 Å². The number of nitrogens with one attached hydrogen (secondary N) is 1. The number of amides is 1. The zero-order chi connectivity index (χ0) is 29.5.